The van der Waals surface area contributed by atoms with Crippen LogP contribution in [0.1, 0.15) is 18.9 Å². The highest BCUT2D eigenvalue weighted by molar-refractivity contribution is 7.89. The predicted octanol–water partition coefficient (Wildman–Crippen LogP) is 2.34. The summed E-state index contributed by atoms with van der Waals surface area (Å²) >= 11 is 5.82. The Morgan fingerprint density at radius 3 is 2.60 bits per heavy atom. The minimum Gasteiger partial charge on any atom is -0.211 e. The summed E-state index contributed by atoms with van der Waals surface area (Å²) < 4.78 is 25.9. The van der Waals surface area contributed by atoms with Gasteiger partial charge in [-0.3, -0.25) is 0 Å². The molecule has 1 N–H and O–H groups in total. The zero-order valence-electron chi connectivity index (χ0n) is 8.75. The first-order chi connectivity index (χ1) is 6.97. The van der Waals surface area contributed by atoms with Crippen LogP contribution in [0, 0.1) is 6.92 Å². The van der Waals surface area contributed by atoms with E-state index in [1.54, 1.807) is 19.1 Å². The SMILES string of the molecule is CCCNS(=O)(=O)c1ccc(Cl)c(C)c1. The third-order valence-corrected chi connectivity index (χ3v) is 3.86. The van der Waals surface area contributed by atoms with Crippen molar-refractivity contribution in [1.82, 2.24) is 4.72 Å². The van der Waals surface area contributed by atoms with Gasteiger partial charge in [-0.15, -0.1) is 0 Å². The van der Waals surface area contributed by atoms with Crippen molar-refractivity contribution in [2.75, 3.05) is 6.54 Å². The highest BCUT2D eigenvalue weighted by Crippen LogP contribution is 2.19. The molecule has 0 atom stereocenters. The van der Waals surface area contributed by atoms with Gasteiger partial charge >= 0.3 is 0 Å². The van der Waals surface area contributed by atoms with Crippen LogP contribution in [0.4, 0.5) is 0 Å². The molecule has 0 bridgehead atoms. The summed E-state index contributed by atoms with van der Waals surface area (Å²) in [5.41, 5.74) is 0.760. The lowest BCUT2D eigenvalue weighted by molar-refractivity contribution is 0.580. The minimum absolute atomic E-state index is 0.262. The fourth-order valence-electron chi connectivity index (χ4n) is 1.10. The third-order valence-electron chi connectivity index (χ3n) is 1.98. The zero-order chi connectivity index (χ0) is 11.5. The van der Waals surface area contributed by atoms with Crippen LogP contribution >= 0.6 is 11.6 Å². The second-order valence-electron chi connectivity index (χ2n) is 3.31. The number of rotatable bonds is 4. The predicted molar refractivity (Wildman–Crippen MR) is 61.7 cm³/mol. The minimum atomic E-state index is -3.37. The molecule has 0 unspecified atom stereocenters. The van der Waals surface area contributed by atoms with Crippen molar-refractivity contribution in [3.05, 3.63) is 28.8 Å². The first-order valence-corrected chi connectivity index (χ1v) is 6.59. The normalized spacial score (nSPS) is 11.7. The topological polar surface area (TPSA) is 46.2 Å². The molecule has 15 heavy (non-hydrogen) atoms. The number of halogens is 1. The van der Waals surface area contributed by atoms with Crippen LogP contribution in [-0.2, 0) is 10.0 Å². The molecule has 0 saturated heterocycles. The van der Waals surface area contributed by atoms with E-state index in [0.717, 1.165) is 12.0 Å². The molecule has 1 aromatic rings. The van der Waals surface area contributed by atoms with Gasteiger partial charge in [-0.25, -0.2) is 13.1 Å². The Bertz CT molecular complexity index is 443. The van der Waals surface area contributed by atoms with Gasteiger partial charge in [0, 0.05) is 11.6 Å². The molecule has 0 spiro atoms. The molecule has 0 aliphatic rings. The summed E-state index contributed by atoms with van der Waals surface area (Å²) in [6, 6.07) is 4.67. The van der Waals surface area contributed by atoms with E-state index in [4.69, 9.17) is 11.6 Å². The molecule has 0 radical (unpaired) electrons. The zero-order valence-corrected chi connectivity index (χ0v) is 10.3. The molecule has 1 aromatic carbocycles. The summed E-state index contributed by atoms with van der Waals surface area (Å²) in [4.78, 5) is 0.262. The molecule has 0 saturated carbocycles. The van der Waals surface area contributed by atoms with Gasteiger partial charge in [-0.1, -0.05) is 18.5 Å². The second kappa shape index (κ2) is 4.96. The Morgan fingerprint density at radius 1 is 1.40 bits per heavy atom. The molecule has 5 heteroatoms. The maximum Gasteiger partial charge on any atom is 0.240 e. The summed E-state index contributed by atoms with van der Waals surface area (Å²) in [6.07, 6.45) is 0.770. The lowest BCUT2D eigenvalue weighted by atomic mass is 10.2. The Labute approximate surface area is 95.5 Å². The molecule has 0 amide bonds. The second-order valence-corrected chi connectivity index (χ2v) is 5.48. The summed E-state index contributed by atoms with van der Waals surface area (Å²) in [5.74, 6) is 0. The molecule has 3 nitrogen and oxygen atoms in total. The average Bonchev–Trinajstić information content (AvgIpc) is 2.19. The van der Waals surface area contributed by atoms with Crippen LogP contribution < -0.4 is 4.72 Å². The molecule has 0 aliphatic carbocycles. The fraction of sp³-hybridized carbons (Fsp3) is 0.400. The van der Waals surface area contributed by atoms with Gasteiger partial charge in [-0.2, -0.15) is 0 Å². The quantitative estimate of drug-likeness (QED) is 0.888. The molecule has 0 heterocycles. The smallest absolute Gasteiger partial charge is 0.211 e. The number of hydrogen-bond acceptors (Lipinski definition) is 2. The summed E-state index contributed by atoms with van der Waals surface area (Å²) in [5, 5.41) is 0.574. The van der Waals surface area contributed by atoms with Crippen LogP contribution in [0.15, 0.2) is 23.1 Å². The average molecular weight is 248 g/mol. The van der Waals surface area contributed by atoms with Crippen molar-refractivity contribution in [3.8, 4) is 0 Å². The Balaban J connectivity index is 3.00. The third kappa shape index (κ3) is 3.19. The Hall–Kier alpha value is -0.580. The number of aryl methyl sites for hydroxylation is 1. The highest BCUT2D eigenvalue weighted by Gasteiger charge is 2.13. The molecular formula is C10H14ClNO2S. The standard InChI is InChI=1S/C10H14ClNO2S/c1-3-6-12-15(13,14)9-4-5-10(11)8(2)7-9/h4-5,7,12H,3,6H2,1-2H3. The van der Waals surface area contributed by atoms with Crippen molar-refractivity contribution in [2.24, 2.45) is 0 Å². The van der Waals surface area contributed by atoms with Gasteiger partial charge in [0.05, 0.1) is 4.90 Å². The van der Waals surface area contributed by atoms with Gasteiger partial charge < -0.3 is 0 Å². The van der Waals surface area contributed by atoms with E-state index in [9.17, 15) is 8.42 Å². The Kier molecular flexibility index (Phi) is 4.13. The fourth-order valence-corrected chi connectivity index (χ4v) is 2.44. The van der Waals surface area contributed by atoms with Crippen LogP contribution in [-0.4, -0.2) is 15.0 Å². The number of hydrogen-bond donors (Lipinski definition) is 1. The molecule has 0 aromatic heterocycles. The van der Waals surface area contributed by atoms with E-state index >= 15 is 0 Å². The lowest BCUT2D eigenvalue weighted by Crippen LogP contribution is -2.24. The van der Waals surface area contributed by atoms with Gasteiger partial charge in [-0.05, 0) is 37.1 Å². The molecule has 0 fully saturated rings. The van der Waals surface area contributed by atoms with Crippen molar-refractivity contribution in [3.63, 3.8) is 0 Å². The highest BCUT2D eigenvalue weighted by atomic mass is 35.5. The van der Waals surface area contributed by atoms with E-state index < -0.39 is 10.0 Å². The number of benzene rings is 1. The number of sulfonamides is 1. The number of nitrogens with one attached hydrogen (secondary N) is 1. The van der Waals surface area contributed by atoms with Crippen molar-refractivity contribution in [1.29, 1.82) is 0 Å². The van der Waals surface area contributed by atoms with Crippen molar-refractivity contribution >= 4 is 21.6 Å². The first-order valence-electron chi connectivity index (χ1n) is 4.73. The van der Waals surface area contributed by atoms with E-state index in [0.29, 0.717) is 11.6 Å². The molecule has 84 valence electrons. The molecule has 0 aliphatic heterocycles. The first kappa shape index (κ1) is 12.5. The van der Waals surface area contributed by atoms with E-state index in [2.05, 4.69) is 4.72 Å². The van der Waals surface area contributed by atoms with E-state index in [1.807, 2.05) is 6.92 Å². The van der Waals surface area contributed by atoms with Crippen molar-refractivity contribution < 1.29 is 8.42 Å². The monoisotopic (exact) mass is 247 g/mol. The lowest BCUT2D eigenvalue weighted by Gasteiger charge is -2.06. The van der Waals surface area contributed by atoms with Gasteiger partial charge in [0.2, 0.25) is 10.0 Å². The van der Waals surface area contributed by atoms with Gasteiger partial charge in [0.1, 0.15) is 0 Å². The van der Waals surface area contributed by atoms with Gasteiger partial charge in [0.15, 0.2) is 0 Å². The maximum atomic E-state index is 11.7. The summed E-state index contributed by atoms with van der Waals surface area (Å²) in [6.45, 7) is 4.14. The molecular weight excluding hydrogens is 234 g/mol. The summed E-state index contributed by atoms with van der Waals surface area (Å²) in [7, 11) is -3.37. The van der Waals surface area contributed by atoms with Crippen molar-refractivity contribution in [2.45, 2.75) is 25.2 Å². The van der Waals surface area contributed by atoms with Crippen LogP contribution in [0.25, 0.3) is 0 Å². The largest absolute Gasteiger partial charge is 0.240 e. The van der Waals surface area contributed by atoms with Gasteiger partial charge in [0.25, 0.3) is 0 Å². The van der Waals surface area contributed by atoms with Crippen LogP contribution in [0.2, 0.25) is 5.02 Å². The van der Waals surface area contributed by atoms with Crippen LogP contribution in [0.3, 0.4) is 0 Å². The Morgan fingerprint density at radius 2 is 2.07 bits per heavy atom. The van der Waals surface area contributed by atoms with E-state index in [1.165, 1.54) is 6.07 Å². The van der Waals surface area contributed by atoms with Crippen LogP contribution in [0.5, 0.6) is 0 Å². The van der Waals surface area contributed by atoms with E-state index in [-0.39, 0.29) is 4.90 Å². The maximum absolute atomic E-state index is 11.7. The molecule has 1 rings (SSSR count).